The fourth-order valence-electron chi connectivity index (χ4n) is 2.60. The highest BCUT2D eigenvalue weighted by Crippen LogP contribution is 2.18. The molecule has 0 bridgehead atoms. The third kappa shape index (κ3) is 5.83. The molecule has 0 aliphatic carbocycles. The fourth-order valence-corrected chi connectivity index (χ4v) is 2.60. The van der Waals surface area contributed by atoms with Crippen molar-refractivity contribution in [1.29, 1.82) is 0 Å². The number of nitrogens with two attached hydrogens (primary N) is 2. The number of aliphatic carboxylic acids is 2. The molecule has 2 aromatic carbocycles. The van der Waals surface area contributed by atoms with E-state index in [9.17, 15) is 9.59 Å². The van der Waals surface area contributed by atoms with E-state index in [1.54, 1.807) is 12.1 Å². The van der Waals surface area contributed by atoms with Gasteiger partial charge in [-0.3, -0.25) is 9.59 Å². The highest BCUT2D eigenvalue weighted by Gasteiger charge is 2.14. The normalized spacial score (nSPS) is 12.6. The van der Waals surface area contributed by atoms with Gasteiger partial charge in [-0.2, -0.15) is 0 Å². The molecule has 1 aromatic heterocycles. The van der Waals surface area contributed by atoms with Crippen LogP contribution in [0.3, 0.4) is 0 Å². The number of phenolic OH excluding ortho intramolecular Hbond substituents is 1. The standard InChI is InChI=1S/C11H12N2O2.C9H11NO3/c12-9(11(14)15)5-7-6-13-10-4-2-1-3-8(7)10;10-8(9(12)13)5-6-1-3-7(11)4-2-6/h1-4,6,9,13H,5,12H2,(H,14,15);1-4,8,11H,5,10H2,(H,12,13)/t;8-/m.0/s1. The van der Waals surface area contributed by atoms with E-state index < -0.39 is 24.0 Å². The van der Waals surface area contributed by atoms with E-state index in [0.717, 1.165) is 22.0 Å². The van der Waals surface area contributed by atoms with Crippen LogP contribution in [0.15, 0.2) is 54.7 Å². The van der Waals surface area contributed by atoms with Gasteiger partial charge < -0.3 is 31.8 Å². The van der Waals surface area contributed by atoms with Crippen molar-refractivity contribution < 1.29 is 24.9 Å². The first kappa shape index (κ1) is 20.9. The van der Waals surface area contributed by atoms with Crippen LogP contribution in [-0.4, -0.2) is 44.3 Å². The average Bonchev–Trinajstić information content (AvgIpc) is 3.07. The lowest BCUT2D eigenvalue weighted by atomic mass is 10.1. The van der Waals surface area contributed by atoms with Crippen molar-refractivity contribution in [1.82, 2.24) is 4.98 Å². The topological polar surface area (TPSA) is 163 Å². The van der Waals surface area contributed by atoms with Crippen molar-refractivity contribution in [2.45, 2.75) is 24.9 Å². The predicted octanol–water partition coefficient (Wildman–Crippen LogP) is 1.47. The second-order valence-corrected chi connectivity index (χ2v) is 6.32. The number of carboxylic acids is 2. The molecular weight excluding hydrogens is 362 g/mol. The predicted molar refractivity (Wildman–Crippen MR) is 105 cm³/mol. The average molecular weight is 385 g/mol. The van der Waals surface area contributed by atoms with Crippen LogP contribution >= 0.6 is 0 Å². The summed E-state index contributed by atoms with van der Waals surface area (Å²) >= 11 is 0. The molecule has 0 aliphatic rings. The quantitative estimate of drug-likeness (QED) is 0.374. The van der Waals surface area contributed by atoms with Crippen molar-refractivity contribution in [3.8, 4) is 5.75 Å². The van der Waals surface area contributed by atoms with Crippen LogP contribution in [0.5, 0.6) is 5.75 Å². The molecule has 0 amide bonds. The number of hydrogen-bond acceptors (Lipinski definition) is 5. The Bertz CT molecular complexity index is 936. The smallest absolute Gasteiger partial charge is 0.320 e. The lowest BCUT2D eigenvalue weighted by Crippen LogP contribution is -2.32. The van der Waals surface area contributed by atoms with Gasteiger partial charge in [-0.25, -0.2) is 0 Å². The molecule has 1 unspecified atom stereocenters. The minimum atomic E-state index is -1.02. The molecule has 2 atom stereocenters. The number of aromatic nitrogens is 1. The summed E-state index contributed by atoms with van der Waals surface area (Å²) in [6.45, 7) is 0. The van der Waals surface area contributed by atoms with Gasteiger partial charge in [0.05, 0.1) is 0 Å². The minimum absolute atomic E-state index is 0.160. The molecule has 8 N–H and O–H groups in total. The van der Waals surface area contributed by atoms with Crippen molar-refractivity contribution in [2.75, 3.05) is 0 Å². The number of phenols is 1. The first-order chi connectivity index (χ1) is 13.3. The molecule has 148 valence electrons. The number of H-pyrrole nitrogens is 1. The number of benzene rings is 2. The Morgan fingerprint density at radius 2 is 1.46 bits per heavy atom. The van der Waals surface area contributed by atoms with E-state index in [1.807, 2.05) is 30.5 Å². The molecule has 0 fully saturated rings. The van der Waals surface area contributed by atoms with Gasteiger partial charge in [0.25, 0.3) is 0 Å². The summed E-state index contributed by atoms with van der Waals surface area (Å²) in [5.74, 6) is -1.83. The summed E-state index contributed by atoms with van der Waals surface area (Å²) in [5, 5.41) is 27.2. The first-order valence-electron chi connectivity index (χ1n) is 8.57. The summed E-state index contributed by atoms with van der Waals surface area (Å²) < 4.78 is 0. The zero-order valence-electron chi connectivity index (χ0n) is 15.1. The Morgan fingerprint density at radius 1 is 0.893 bits per heavy atom. The lowest BCUT2D eigenvalue weighted by molar-refractivity contribution is -0.139. The largest absolute Gasteiger partial charge is 0.508 e. The Balaban J connectivity index is 0.000000203. The van der Waals surface area contributed by atoms with Gasteiger partial charge in [-0.1, -0.05) is 30.3 Å². The number of aromatic amines is 1. The molecule has 28 heavy (non-hydrogen) atoms. The Morgan fingerprint density at radius 3 is 2.07 bits per heavy atom. The van der Waals surface area contributed by atoms with Crippen molar-refractivity contribution >= 4 is 22.8 Å². The number of rotatable bonds is 6. The van der Waals surface area contributed by atoms with Gasteiger partial charge in [0.1, 0.15) is 17.8 Å². The second kappa shape index (κ2) is 9.54. The molecule has 8 heteroatoms. The molecule has 0 spiro atoms. The zero-order valence-corrected chi connectivity index (χ0v) is 15.1. The Labute approximate surface area is 161 Å². The van der Waals surface area contributed by atoms with Crippen LogP contribution in [0.25, 0.3) is 10.9 Å². The van der Waals surface area contributed by atoms with E-state index in [0.29, 0.717) is 6.42 Å². The van der Waals surface area contributed by atoms with Gasteiger partial charge in [-0.05, 0) is 35.7 Å². The summed E-state index contributed by atoms with van der Waals surface area (Å²) in [6, 6.07) is 12.3. The zero-order chi connectivity index (χ0) is 20.7. The monoisotopic (exact) mass is 385 g/mol. The van der Waals surface area contributed by atoms with Crippen LogP contribution in [0.2, 0.25) is 0 Å². The summed E-state index contributed by atoms with van der Waals surface area (Å²) in [4.78, 5) is 24.1. The van der Waals surface area contributed by atoms with E-state index in [1.165, 1.54) is 12.1 Å². The number of hydrogen-bond donors (Lipinski definition) is 6. The van der Waals surface area contributed by atoms with Crippen molar-refractivity contribution in [2.24, 2.45) is 11.5 Å². The summed E-state index contributed by atoms with van der Waals surface area (Å²) in [5.41, 5.74) is 13.6. The number of fused-ring (bicyclic) bond motifs is 1. The van der Waals surface area contributed by atoms with Crippen LogP contribution in [0, 0.1) is 0 Å². The van der Waals surface area contributed by atoms with Gasteiger partial charge in [-0.15, -0.1) is 0 Å². The van der Waals surface area contributed by atoms with Crippen LogP contribution in [0.4, 0.5) is 0 Å². The fraction of sp³-hybridized carbons (Fsp3) is 0.200. The number of carbonyl (C=O) groups is 2. The van der Waals surface area contributed by atoms with E-state index in [2.05, 4.69) is 4.98 Å². The molecule has 1 heterocycles. The van der Waals surface area contributed by atoms with Crippen molar-refractivity contribution in [3.05, 3.63) is 65.9 Å². The summed E-state index contributed by atoms with van der Waals surface area (Å²) in [7, 11) is 0. The molecule has 0 radical (unpaired) electrons. The maximum atomic E-state index is 10.6. The Hall–Kier alpha value is -3.36. The maximum Gasteiger partial charge on any atom is 0.320 e. The van der Waals surface area contributed by atoms with Gasteiger partial charge in [0.15, 0.2) is 0 Å². The highest BCUT2D eigenvalue weighted by molar-refractivity contribution is 5.84. The van der Waals surface area contributed by atoms with Crippen LogP contribution in [0.1, 0.15) is 11.1 Å². The third-order valence-electron chi connectivity index (χ3n) is 4.14. The molecule has 3 aromatic rings. The minimum Gasteiger partial charge on any atom is -0.508 e. The van der Waals surface area contributed by atoms with Gasteiger partial charge in [0.2, 0.25) is 0 Å². The second-order valence-electron chi connectivity index (χ2n) is 6.32. The highest BCUT2D eigenvalue weighted by atomic mass is 16.4. The van der Waals surface area contributed by atoms with Crippen LogP contribution in [-0.2, 0) is 22.4 Å². The van der Waals surface area contributed by atoms with E-state index in [4.69, 9.17) is 26.8 Å². The van der Waals surface area contributed by atoms with Crippen molar-refractivity contribution in [3.63, 3.8) is 0 Å². The molecule has 8 nitrogen and oxygen atoms in total. The van der Waals surface area contributed by atoms with Gasteiger partial charge >= 0.3 is 11.9 Å². The van der Waals surface area contributed by atoms with Crippen LogP contribution < -0.4 is 11.5 Å². The third-order valence-corrected chi connectivity index (χ3v) is 4.14. The molecule has 0 aliphatic heterocycles. The molecule has 0 saturated heterocycles. The molecule has 0 saturated carbocycles. The number of aromatic hydroxyl groups is 1. The molecular formula is C20H23N3O5. The molecule has 3 rings (SSSR count). The SMILES string of the molecule is NC(Cc1c[nH]c2ccccc12)C(=O)O.N[C@@H](Cc1ccc(O)cc1)C(=O)O. The maximum absolute atomic E-state index is 10.6. The number of para-hydroxylation sites is 1. The summed E-state index contributed by atoms with van der Waals surface area (Å²) in [6.07, 6.45) is 2.43. The van der Waals surface area contributed by atoms with Gasteiger partial charge in [0, 0.05) is 23.5 Å². The lowest BCUT2D eigenvalue weighted by Gasteiger charge is -2.05. The Kier molecular flexibility index (Phi) is 7.14. The van der Waals surface area contributed by atoms with E-state index >= 15 is 0 Å². The van der Waals surface area contributed by atoms with E-state index in [-0.39, 0.29) is 12.2 Å². The first-order valence-corrected chi connectivity index (χ1v) is 8.57. The number of carboxylic acid groups (broad SMARTS) is 2. The number of nitrogens with one attached hydrogen (secondary N) is 1.